The van der Waals surface area contributed by atoms with Gasteiger partial charge in [0.25, 0.3) is 0 Å². The fourth-order valence-corrected chi connectivity index (χ4v) is 6.57. The number of fused-ring (bicyclic) bond motifs is 1. The Morgan fingerprint density at radius 1 is 1.07 bits per heavy atom. The zero-order chi connectivity index (χ0) is 30.0. The Morgan fingerprint density at radius 2 is 1.79 bits per heavy atom. The lowest BCUT2D eigenvalue weighted by molar-refractivity contribution is -0.117. The molecule has 0 bridgehead atoms. The number of carbonyl (C=O) groups excluding carboxylic acids is 2. The van der Waals surface area contributed by atoms with Gasteiger partial charge in [-0.15, -0.1) is 11.3 Å². The third-order valence-electron chi connectivity index (χ3n) is 7.73. The molecule has 3 aromatic rings. The van der Waals surface area contributed by atoms with E-state index in [1.54, 1.807) is 22.6 Å². The van der Waals surface area contributed by atoms with Gasteiger partial charge in [-0.2, -0.15) is 0 Å². The van der Waals surface area contributed by atoms with Crippen molar-refractivity contribution in [3.05, 3.63) is 41.5 Å². The predicted molar refractivity (Wildman–Crippen MR) is 167 cm³/mol. The van der Waals surface area contributed by atoms with Crippen LogP contribution in [0.25, 0.3) is 10.2 Å². The summed E-state index contributed by atoms with van der Waals surface area (Å²) < 4.78 is 11.8. The monoisotopic (exact) mass is 594 g/mol. The molecular weight excluding hydrogens is 552 g/mol. The Hall–Kier alpha value is -3.44. The first kappa shape index (κ1) is 30.0. The van der Waals surface area contributed by atoms with Gasteiger partial charge >= 0.3 is 6.09 Å². The zero-order valence-corrected chi connectivity index (χ0v) is 26.2. The lowest BCUT2D eigenvalue weighted by Gasteiger charge is -2.45. The summed E-state index contributed by atoms with van der Waals surface area (Å²) in [7, 11) is 0. The molecule has 1 aromatic carbocycles. The molecule has 226 valence electrons. The summed E-state index contributed by atoms with van der Waals surface area (Å²) in [6.45, 7) is 15.0. The van der Waals surface area contributed by atoms with Crippen LogP contribution >= 0.6 is 11.3 Å². The lowest BCUT2D eigenvalue weighted by Crippen LogP contribution is -2.58. The van der Waals surface area contributed by atoms with Crippen LogP contribution in [0.15, 0.2) is 36.0 Å². The molecule has 0 spiro atoms. The van der Waals surface area contributed by atoms with Crippen LogP contribution in [0.2, 0.25) is 0 Å². The summed E-state index contributed by atoms with van der Waals surface area (Å²) in [4.78, 5) is 41.8. The fourth-order valence-electron chi connectivity index (χ4n) is 5.84. The van der Waals surface area contributed by atoms with Gasteiger partial charge < -0.3 is 24.6 Å². The summed E-state index contributed by atoms with van der Waals surface area (Å²) in [5, 5.41) is 6.24. The number of carbonyl (C=O) groups is 2. The number of benzene rings is 1. The van der Waals surface area contributed by atoms with Crippen molar-refractivity contribution in [1.82, 2.24) is 19.8 Å². The van der Waals surface area contributed by atoms with E-state index in [1.807, 2.05) is 45.9 Å². The molecule has 1 N–H and O–H groups in total. The van der Waals surface area contributed by atoms with Gasteiger partial charge in [-0.25, -0.2) is 14.8 Å². The molecular formula is C31H42N6O4S. The second kappa shape index (κ2) is 12.4. The Labute approximate surface area is 252 Å². The maximum absolute atomic E-state index is 13.2. The minimum atomic E-state index is -0.507. The normalized spacial score (nSPS) is 20.5. The van der Waals surface area contributed by atoms with Crippen molar-refractivity contribution in [1.29, 1.82) is 0 Å². The first-order valence-electron chi connectivity index (χ1n) is 14.7. The van der Waals surface area contributed by atoms with Crippen LogP contribution in [0, 0.1) is 6.92 Å². The topological polar surface area (TPSA) is 100 Å². The summed E-state index contributed by atoms with van der Waals surface area (Å²) >= 11 is 1.62. The lowest BCUT2D eigenvalue weighted by atomic mass is 10.1. The van der Waals surface area contributed by atoms with E-state index in [0.29, 0.717) is 25.4 Å². The summed E-state index contributed by atoms with van der Waals surface area (Å²) in [5.74, 6) is 1.64. The first-order chi connectivity index (χ1) is 20.0. The van der Waals surface area contributed by atoms with Crippen molar-refractivity contribution in [2.75, 3.05) is 42.9 Å². The van der Waals surface area contributed by atoms with E-state index in [4.69, 9.17) is 9.47 Å². The molecule has 2 fully saturated rings. The predicted octanol–water partition coefficient (Wildman–Crippen LogP) is 5.32. The highest BCUT2D eigenvalue weighted by atomic mass is 32.1. The van der Waals surface area contributed by atoms with Gasteiger partial charge in [0.2, 0.25) is 5.91 Å². The number of hydrogen-bond acceptors (Lipinski definition) is 9. The van der Waals surface area contributed by atoms with Crippen LogP contribution in [0.1, 0.15) is 53.0 Å². The number of piperidine rings is 1. The standard InChI is InChI=1S/C31H42N6O4S/c1-20-7-8-24(40-23-9-12-36(13-10-23)30(39)41-31(4,5)6)15-26(20)34-27(38)18-35-16-21(2)37(22(3)17-35)28-25-11-14-42-29(25)33-19-32-28/h7-8,11,14-15,19,21-23H,9-10,12-13,16-18H2,1-6H3,(H,34,38)/t21-,22+. The van der Waals surface area contributed by atoms with Crippen molar-refractivity contribution >= 4 is 45.1 Å². The number of rotatable bonds is 6. The van der Waals surface area contributed by atoms with E-state index < -0.39 is 5.60 Å². The van der Waals surface area contributed by atoms with Crippen LogP contribution in [0.5, 0.6) is 5.75 Å². The molecule has 0 saturated carbocycles. The highest BCUT2D eigenvalue weighted by Crippen LogP contribution is 2.31. The van der Waals surface area contributed by atoms with Crippen molar-refractivity contribution < 1.29 is 19.1 Å². The Morgan fingerprint density at radius 3 is 2.48 bits per heavy atom. The van der Waals surface area contributed by atoms with E-state index in [2.05, 4.69) is 50.4 Å². The number of nitrogens with zero attached hydrogens (tertiary/aromatic N) is 5. The number of likely N-dealkylation sites (tertiary alicyclic amines) is 1. The summed E-state index contributed by atoms with van der Waals surface area (Å²) in [6.07, 6.45) is 2.81. The fraction of sp³-hybridized carbons (Fsp3) is 0.548. The van der Waals surface area contributed by atoms with Crippen molar-refractivity contribution in [3.8, 4) is 5.75 Å². The van der Waals surface area contributed by atoms with Gasteiger partial charge in [-0.3, -0.25) is 9.69 Å². The van der Waals surface area contributed by atoms with E-state index in [9.17, 15) is 9.59 Å². The van der Waals surface area contributed by atoms with Gasteiger partial charge in [-0.05, 0) is 64.6 Å². The molecule has 0 radical (unpaired) electrons. The second-order valence-electron chi connectivity index (χ2n) is 12.4. The average molecular weight is 595 g/mol. The smallest absolute Gasteiger partial charge is 0.410 e. The Balaban J connectivity index is 1.14. The second-order valence-corrected chi connectivity index (χ2v) is 13.3. The quantitative estimate of drug-likeness (QED) is 0.410. The van der Waals surface area contributed by atoms with E-state index >= 15 is 0 Å². The van der Waals surface area contributed by atoms with E-state index in [-0.39, 0.29) is 30.2 Å². The van der Waals surface area contributed by atoms with E-state index in [0.717, 1.165) is 53.2 Å². The molecule has 4 heterocycles. The number of amides is 2. The van der Waals surface area contributed by atoms with Crippen LogP contribution in [0.4, 0.5) is 16.3 Å². The molecule has 0 aliphatic carbocycles. The van der Waals surface area contributed by atoms with Gasteiger partial charge in [0.15, 0.2) is 0 Å². The molecule has 2 aliphatic heterocycles. The molecule has 2 aliphatic rings. The van der Waals surface area contributed by atoms with Crippen molar-refractivity contribution in [2.45, 2.75) is 78.2 Å². The molecule has 11 heteroatoms. The molecule has 0 unspecified atom stereocenters. The van der Waals surface area contributed by atoms with Gasteiger partial charge in [0.05, 0.1) is 11.9 Å². The van der Waals surface area contributed by atoms with Crippen LogP contribution < -0.4 is 15.0 Å². The maximum atomic E-state index is 13.2. The molecule has 2 saturated heterocycles. The molecule has 2 aromatic heterocycles. The summed E-state index contributed by atoms with van der Waals surface area (Å²) in [6, 6.07) is 8.28. The van der Waals surface area contributed by atoms with Crippen LogP contribution in [-0.4, -0.2) is 88.3 Å². The molecule has 2 atom stereocenters. The third kappa shape index (κ3) is 7.12. The molecule has 42 heavy (non-hydrogen) atoms. The Kier molecular flexibility index (Phi) is 8.89. The number of piperazine rings is 1. The third-order valence-corrected chi connectivity index (χ3v) is 8.55. The number of anilines is 2. The minimum absolute atomic E-state index is 0.000541. The van der Waals surface area contributed by atoms with Gasteiger partial charge in [-0.1, -0.05) is 6.07 Å². The van der Waals surface area contributed by atoms with Crippen LogP contribution in [-0.2, 0) is 9.53 Å². The number of thiophene rings is 1. The van der Waals surface area contributed by atoms with Crippen LogP contribution in [0.3, 0.4) is 0 Å². The number of aromatic nitrogens is 2. The summed E-state index contributed by atoms with van der Waals surface area (Å²) in [5.41, 5.74) is 1.22. The highest BCUT2D eigenvalue weighted by Gasteiger charge is 2.32. The number of aryl methyl sites for hydroxylation is 1. The zero-order valence-electron chi connectivity index (χ0n) is 25.4. The minimum Gasteiger partial charge on any atom is -0.490 e. The number of ether oxygens (including phenoxy) is 2. The van der Waals surface area contributed by atoms with Crippen molar-refractivity contribution in [2.24, 2.45) is 0 Å². The van der Waals surface area contributed by atoms with Crippen molar-refractivity contribution in [3.63, 3.8) is 0 Å². The molecule has 10 nitrogen and oxygen atoms in total. The number of nitrogens with one attached hydrogen (secondary N) is 1. The van der Waals surface area contributed by atoms with Gasteiger partial charge in [0, 0.05) is 62.9 Å². The number of hydrogen-bond donors (Lipinski definition) is 1. The maximum Gasteiger partial charge on any atom is 0.410 e. The Bertz CT molecular complexity index is 1400. The van der Waals surface area contributed by atoms with Gasteiger partial charge in [0.1, 0.15) is 34.4 Å². The molecule has 2 amide bonds. The SMILES string of the molecule is Cc1ccc(OC2CCN(C(=O)OC(C)(C)C)CC2)cc1NC(=O)CN1C[C@@H](C)N(c2ncnc3sccc23)[C@@H](C)C1. The largest absolute Gasteiger partial charge is 0.490 e. The average Bonchev–Trinajstić information content (AvgIpc) is 3.39. The van der Waals surface area contributed by atoms with E-state index in [1.165, 1.54) is 0 Å². The first-order valence-corrected chi connectivity index (χ1v) is 15.6. The highest BCUT2D eigenvalue weighted by molar-refractivity contribution is 7.16. The molecule has 5 rings (SSSR count).